The summed E-state index contributed by atoms with van der Waals surface area (Å²) in [5, 5.41) is 12.1. The van der Waals surface area contributed by atoms with Gasteiger partial charge < -0.3 is 19.9 Å². The van der Waals surface area contributed by atoms with Gasteiger partial charge in [-0.3, -0.25) is 4.79 Å². The fourth-order valence-electron chi connectivity index (χ4n) is 4.31. The van der Waals surface area contributed by atoms with Crippen molar-refractivity contribution in [1.29, 1.82) is 0 Å². The molecule has 136 valence electrons. The van der Waals surface area contributed by atoms with Crippen molar-refractivity contribution in [2.75, 3.05) is 18.0 Å². The van der Waals surface area contributed by atoms with Gasteiger partial charge in [-0.25, -0.2) is 13.6 Å². The molecule has 1 aliphatic carbocycles. The number of nitrogens with zero attached hydrogens (tertiary/aromatic N) is 2. The second-order valence-corrected chi connectivity index (χ2v) is 7.38. The zero-order valence-electron chi connectivity index (χ0n) is 13.8. The van der Waals surface area contributed by atoms with Gasteiger partial charge in [-0.2, -0.15) is 0 Å². The molecule has 2 saturated heterocycles. The molecule has 0 radical (unpaired) electrons. The van der Waals surface area contributed by atoms with Crippen LogP contribution in [0.1, 0.15) is 35.7 Å². The Bertz CT molecular complexity index is 1020. The number of benzene rings is 1. The van der Waals surface area contributed by atoms with Crippen LogP contribution < -0.4 is 15.6 Å². The number of halogens is 2. The topological polar surface area (TPSA) is 74.6 Å². The molecule has 3 aliphatic rings. The molecule has 6 nitrogen and oxygen atoms in total. The van der Waals surface area contributed by atoms with Gasteiger partial charge in [-0.15, -0.1) is 0 Å². The fourth-order valence-corrected chi connectivity index (χ4v) is 4.31. The Labute approximate surface area is 147 Å². The largest absolute Gasteiger partial charge is 0.477 e. The minimum Gasteiger partial charge on any atom is -0.477 e. The number of hydrogen-bond donors (Lipinski definition) is 2. The Morgan fingerprint density at radius 2 is 2.04 bits per heavy atom. The molecule has 2 aliphatic heterocycles. The second kappa shape index (κ2) is 5.26. The van der Waals surface area contributed by atoms with E-state index in [9.17, 15) is 19.1 Å². The number of nitrogens with one attached hydrogen (secondary N) is 1. The van der Waals surface area contributed by atoms with E-state index in [2.05, 4.69) is 5.32 Å². The van der Waals surface area contributed by atoms with Crippen LogP contribution in [0, 0.1) is 11.6 Å². The highest BCUT2D eigenvalue weighted by Crippen LogP contribution is 2.40. The van der Waals surface area contributed by atoms with Crippen LogP contribution in [0.2, 0.25) is 0 Å². The summed E-state index contributed by atoms with van der Waals surface area (Å²) in [6.07, 6.45) is 3.54. The van der Waals surface area contributed by atoms with Crippen LogP contribution in [0.5, 0.6) is 0 Å². The van der Waals surface area contributed by atoms with Crippen molar-refractivity contribution in [1.82, 2.24) is 9.88 Å². The number of rotatable bonds is 3. The van der Waals surface area contributed by atoms with Crippen molar-refractivity contribution in [3.8, 4) is 0 Å². The van der Waals surface area contributed by atoms with Gasteiger partial charge in [-0.1, -0.05) is 0 Å². The van der Waals surface area contributed by atoms with Gasteiger partial charge in [0.25, 0.3) is 0 Å². The van der Waals surface area contributed by atoms with Gasteiger partial charge >= 0.3 is 5.97 Å². The molecule has 26 heavy (non-hydrogen) atoms. The monoisotopic (exact) mass is 361 g/mol. The molecule has 2 atom stereocenters. The quantitative estimate of drug-likeness (QED) is 0.873. The summed E-state index contributed by atoms with van der Waals surface area (Å²) < 4.78 is 31.8. The highest BCUT2D eigenvalue weighted by Gasteiger charge is 2.40. The lowest BCUT2D eigenvalue weighted by Crippen LogP contribution is -2.44. The minimum absolute atomic E-state index is 0.1000. The van der Waals surface area contributed by atoms with Crippen molar-refractivity contribution in [2.45, 2.75) is 37.4 Å². The first-order valence-corrected chi connectivity index (χ1v) is 8.76. The maximum Gasteiger partial charge on any atom is 0.341 e. The summed E-state index contributed by atoms with van der Waals surface area (Å²) in [5.74, 6) is -2.94. The lowest BCUT2D eigenvalue weighted by molar-refractivity contribution is 0.0695. The van der Waals surface area contributed by atoms with Crippen LogP contribution in [0.4, 0.5) is 14.5 Å². The summed E-state index contributed by atoms with van der Waals surface area (Å²) in [6.45, 7) is 1.31. The molecular weight excluding hydrogens is 344 g/mol. The molecule has 2 aromatic rings. The van der Waals surface area contributed by atoms with Gasteiger partial charge in [0.1, 0.15) is 11.4 Å². The van der Waals surface area contributed by atoms with E-state index in [1.165, 1.54) is 4.57 Å². The first-order chi connectivity index (χ1) is 12.5. The normalized spacial score (nSPS) is 24.6. The maximum atomic E-state index is 15.5. The van der Waals surface area contributed by atoms with Crippen molar-refractivity contribution < 1.29 is 18.7 Å². The molecule has 1 aromatic carbocycles. The smallest absolute Gasteiger partial charge is 0.341 e. The highest BCUT2D eigenvalue weighted by atomic mass is 19.1. The third-order valence-corrected chi connectivity index (χ3v) is 5.71. The molecule has 8 heteroatoms. The maximum absolute atomic E-state index is 15.5. The summed E-state index contributed by atoms with van der Waals surface area (Å²) in [5.41, 5.74) is -1.47. The predicted octanol–water partition coefficient (Wildman–Crippen LogP) is 1.86. The number of aromatic carboxylic acids is 1. The van der Waals surface area contributed by atoms with Crippen LogP contribution in [0.3, 0.4) is 0 Å². The van der Waals surface area contributed by atoms with E-state index < -0.39 is 34.0 Å². The van der Waals surface area contributed by atoms with Crippen LogP contribution in [-0.2, 0) is 0 Å². The lowest BCUT2D eigenvalue weighted by Gasteiger charge is -2.30. The standard InChI is InChI=1S/C18H17F2N3O3/c19-12-4-13(22-6-8-3-10(22)5-21-8)15(20)16-14(12)17(24)11(18(25)26)7-23(16)9-1-2-9/h4,7-10,21H,1-3,5-6H2,(H,25,26). The number of carboxylic acids is 1. The van der Waals surface area contributed by atoms with E-state index in [4.69, 9.17) is 0 Å². The van der Waals surface area contributed by atoms with Crippen molar-refractivity contribution >= 4 is 22.6 Å². The minimum atomic E-state index is -1.43. The summed E-state index contributed by atoms with van der Waals surface area (Å²) in [4.78, 5) is 25.7. The van der Waals surface area contributed by atoms with Crippen LogP contribution in [0.25, 0.3) is 10.9 Å². The van der Waals surface area contributed by atoms with Crippen LogP contribution >= 0.6 is 0 Å². The van der Waals surface area contributed by atoms with Gasteiger partial charge in [0.2, 0.25) is 5.43 Å². The van der Waals surface area contributed by atoms with E-state index >= 15 is 4.39 Å². The zero-order valence-corrected chi connectivity index (χ0v) is 13.8. The first kappa shape index (κ1) is 15.7. The molecule has 2 N–H and O–H groups in total. The lowest BCUT2D eigenvalue weighted by atomic mass is 10.1. The molecule has 1 aromatic heterocycles. The van der Waals surface area contributed by atoms with Crippen molar-refractivity contribution in [3.63, 3.8) is 0 Å². The third-order valence-electron chi connectivity index (χ3n) is 5.71. The number of fused-ring (bicyclic) bond motifs is 3. The number of carboxylic acid groups (broad SMARTS) is 1. The predicted molar refractivity (Wildman–Crippen MR) is 90.9 cm³/mol. The van der Waals surface area contributed by atoms with Crippen LogP contribution in [-0.4, -0.2) is 40.8 Å². The molecule has 5 rings (SSSR count). The molecule has 2 bridgehead atoms. The summed E-state index contributed by atoms with van der Waals surface area (Å²) >= 11 is 0. The molecule has 0 spiro atoms. The number of pyridine rings is 1. The van der Waals surface area contributed by atoms with Gasteiger partial charge in [0.15, 0.2) is 5.82 Å². The molecular formula is C18H17F2N3O3. The molecule has 2 unspecified atom stereocenters. The Balaban J connectivity index is 1.80. The Morgan fingerprint density at radius 3 is 2.62 bits per heavy atom. The molecule has 3 fully saturated rings. The fraction of sp³-hybridized carbons (Fsp3) is 0.444. The number of piperazine rings is 1. The average molecular weight is 361 g/mol. The Morgan fingerprint density at radius 1 is 1.27 bits per heavy atom. The zero-order chi connectivity index (χ0) is 18.2. The Hall–Kier alpha value is -2.48. The number of carbonyl (C=O) groups is 1. The molecule has 1 saturated carbocycles. The van der Waals surface area contributed by atoms with Crippen LogP contribution in [0.15, 0.2) is 17.1 Å². The SMILES string of the molecule is O=C(O)c1cn(C2CC2)c2c(F)c(N3CC4CC3CN4)cc(F)c2c1=O. The molecule has 0 amide bonds. The van der Waals surface area contributed by atoms with E-state index in [-0.39, 0.29) is 29.3 Å². The summed E-state index contributed by atoms with van der Waals surface area (Å²) in [6, 6.07) is 1.31. The van der Waals surface area contributed by atoms with Crippen molar-refractivity contribution in [2.24, 2.45) is 0 Å². The van der Waals surface area contributed by atoms with E-state index in [0.29, 0.717) is 6.54 Å². The van der Waals surface area contributed by atoms with E-state index in [0.717, 1.165) is 38.1 Å². The second-order valence-electron chi connectivity index (χ2n) is 7.38. The van der Waals surface area contributed by atoms with E-state index in [1.807, 2.05) is 4.90 Å². The first-order valence-electron chi connectivity index (χ1n) is 8.76. The molecule has 3 heterocycles. The van der Waals surface area contributed by atoms with E-state index in [1.54, 1.807) is 0 Å². The highest BCUT2D eigenvalue weighted by molar-refractivity contribution is 5.94. The number of anilines is 1. The van der Waals surface area contributed by atoms with Gasteiger partial charge in [0.05, 0.1) is 16.6 Å². The average Bonchev–Trinajstić information content (AvgIpc) is 3.23. The Kier molecular flexibility index (Phi) is 3.19. The number of hydrogen-bond acceptors (Lipinski definition) is 4. The summed E-state index contributed by atoms with van der Waals surface area (Å²) in [7, 11) is 0. The van der Waals surface area contributed by atoms with Crippen molar-refractivity contribution in [3.05, 3.63) is 39.7 Å². The van der Waals surface area contributed by atoms with Gasteiger partial charge in [-0.05, 0) is 19.3 Å². The number of aromatic nitrogens is 1. The third kappa shape index (κ3) is 2.11. The van der Waals surface area contributed by atoms with Gasteiger partial charge in [0, 0.05) is 43.5 Å².